The van der Waals surface area contributed by atoms with Gasteiger partial charge in [0, 0.05) is 0 Å². The summed E-state index contributed by atoms with van der Waals surface area (Å²) in [6.45, 7) is 2.63. The van der Waals surface area contributed by atoms with Crippen LogP contribution in [0.4, 0.5) is 0 Å². The summed E-state index contributed by atoms with van der Waals surface area (Å²) in [5.74, 6) is 0.764. The smallest absolute Gasteiger partial charge is 0.576 e. The Hall–Kier alpha value is 2.29. The minimum absolute atomic E-state index is 0. The zero-order valence-corrected chi connectivity index (χ0v) is 13.6. The van der Waals surface area contributed by atoms with Crippen LogP contribution in [0.25, 0.3) is 0 Å². The van der Waals surface area contributed by atoms with Crippen molar-refractivity contribution in [1.29, 1.82) is 0 Å². The van der Waals surface area contributed by atoms with Crippen molar-refractivity contribution in [3.63, 3.8) is 0 Å². The third kappa shape index (κ3) is 7.37. The molecule has 0 saturated carbocycles. The second-order valence-electron chi connectivity index (χ2n) is 1.59. The van der Waals surface area contributed by atoms with Crippen molar-refractivity contribution in [3.05, 3.63) is 30.3 Å². The molecule has 0 bridgehead atoms. The van der Waals surface area contributed by atoms with Gasteiger partial charge in [-0.25, -0.2) is 6.07 Å². The average Bonchev–Trinajstić information content (AvgIpc) is 1.91. The second-order valence-corrected chi connectivity index (χ2v) is 1.59. The molecule has 0 amide bonds. The van der Waals surface area contributed by atoms with E-state index in [1.165, 1.54) is 0 Å². The number of hydrogen-bond acceptors (Lipinski definition) is 1. The molecule has 0 unspecified atom stereocenters. The van der Waals surface area contributed by atoms with Crippen LogP contribution in [0.2, 0.25) is 0 Å². The largest absolute Gasteiger partial charge is 1.00 e. The molecule has 1 nitrogen and oxygen atoms in total. The van der Waals surface area contributed by atoms with E-state index in [9.17, 15) is 0 Å². The Morgan fingerprint density at radius 1 is 1.36 bits per heavy atom. The molecular formula is C8H8K2O. The second kappa shape index (κ2) is 10.4. The van der Waals surface area contributed by atoms with Crippen LogP contribution in [0, 0.1) is 12.1 Å². The molecule has 0 aromatic heterocycles. The fraction of sp³-hybridized carbons (Fsp3) is 0.250. The fourth-order valence-electron chi connectivity index (χ4n) is 0.576. The molecule has 48 valence electrons. The third-order valence-corrected chi connectivity index (χ3v) is 0.919. The van der Waals surface area contributed by atoms with Gasteiger partial charge in [-0.15, -0.1) is 5.75 Å². The fourth-order valence-corrected chi connectivity index (χ4v) is 0.576. The molecule has 0 N–H and O–H groups in total. The van der Waals surface area contributed by atoms with E-state index in [1.54, 1.807) is 18.2 Å². The van der Waals surface area contributed by atoms with Gasteiger partial charge in [0.2, 0.25) is 0 Å². The molecular weight excluding hydrogens is 190 g/mol. The maximum absolute atomic E-state index is 5.12. The average molecular weight is 198 g/mol. The Balaban J connectivity index is 0. The number of benzene rings is 1. The maximum Gasteiger partial charge on any atom is 1.00 e. The molecule has 0 spiro atoms. The van der Waals surface area contributed by atoms with E-state index in [-0.39, 0.29) is 103 Å². The minimum atomic E-state index is 0. The van der Waals surface area contributed by atoms with Crippen molar-refractivity contribution in [3.8, 4) is 5.75 Å². The number of hydrogen-bond donors (Lipinski definition) is 0. The summed E-state index contributed by atoms with van der Waals surface area (Å²) in [4.78, 5) is 0. The molecule has 0 atom stereocenters. The summed E-state index contributed by atoms with van der Waals surface area (Å²) < 4.78 is 5.12. The van der Waals surface area contributed by atoms with Crippen molar-refractivity contribution in [2.45, 2.75) is 6.92 Å². The van der Waals surface area contributed by atoms with Gasteiger partial charge in [-0.3, -0.25) is 18.2 Å². The summed E-state index contributed by atoms with van der Waals surface area (Å²) in [6, 6.07) is 11.1. The molecule has 0 aliphatic carbocycles. The monoisotopic (exact) mass is 198 g/mol. The predicted molar refractivity (Wildman–Crippen MR) is 35.3 cm³/mol. The van der Waals surface area contributed by atoms with Gasteiger partial charge in [-0.05, 0) is 6.92 Å². The molecule has 1 rings (SSSR count). The van der Waals surface area contributed by atoms with Crippen LogP contribution in [-0.2, 0) is 0 Å². The SMILES string of the molecule is CCOc1[c-]cc[c-]c1.[K+].[K+]. The van der Waals surface area contributed by atoms with E-state index < -0.39 is 0 Å². The molecule has 0 saturated heterocycles. The quantitative estimate of drug-likeness (QED) is 0.345. The van der Waals surface area contributed by atoms with Crippen LogP contribution in [0.5, 0.6) is 5.75 Å². The molecule has 1 aromatic carbocycles. The Kier molecular flexibility index (Phi) is 14.9. The number of ether oxygens (including phenoxy) is 1. The molecule has 0 heterocycles. The summed E-state index contributed by atoms with van der Waals surface area (Å²) in [6.07, 6.45) is 0. The molecule has 0 fully saturated rings. The normalized spacial score (nSPS) is 7.36. The van der Waals surface area contributed by atoms with Crippen molar-refractivity contribution in [1.82, 2.24) is 0 Å². The molecule has 0 radical (unpaired) electrons. The zero-order chi connectivity index (χ0) is 6.53. The van der Waals surface area contributed by atoms with Crippen molar-refractivity contribution in [2.75, 3.05) is 6.61 Å². The molecule has 11 heavy (non-hydrogen) atoms. The van der Waals surface area contributed by atoms with Crippen LogP contribution in [-0.4, -0.2) is 6.61 Å². The Labute approximate surface area is 153 Å². The van der Waals surface area contributed by atoms with Crippen LogP contribution >= 0.6 is 0 Å². The van der Waals surface area contributed by atoms with Gasteiger partial charge in [0.25, 0.3) is 0 Å². The van der Waals surface area contributed by atoms with Crippen LogP contribution in [0.15, 0.2) is 18.2 Å². The molecule has 0 aliphatic heterocycles. The van der Waals surface area contributed by atoms with Crippen molar-refractivity contribution in [2.24, 2.45) is 0 Å². The summed E-state index contributed by atoms with van der Waals surface area (Å²) >= 11 is 0. The zero-order valence-electron chi connectivity index (χ0n) is 7.35. The first-order chi connectivity index (χ1) is 4.43. The van der Waals surface area contributed by atoms with Gasteiger partial charge >= 0.3 is 103 Å². The first kappa shape index (κ1) is 15.8. The van der Waals surface area contributed by atoms with E-state index in [0.717, 1.165) is 5.75 Å². The number of rotatable bonds is 2. The van der Waals surface area contributed by atoms with Crippen molar-refractivity contribution >= 4 is 0 Å². The van der Waals surface area contributed by atoms with Gasteiger partial charge < -0.3 is 10.8 Å². The van der Waals surface area contributed by atoms with E-state index in [4.69, 9.17) is 4.74 Å². The van der Waals surface area contributed by atoms with Gasteiger partial charge in [-0.1, -0.05) is 0 Å². The first-order valence-electron chi connectivity index (χ1n) is 2.94. The van der Waals surface area contributed by atoms with E-state index in [1.807, 2.05) is 6.92 Å². The van der Waals surface area contributed by atoms with Gasteiger partial charge in [0.1, 0.15) is 0 Å². The third-order valence-electron chi connectivity index (χ3n) is 0.919. The summed E-state index contributed by atoms with van der Waals surface area (Å²) in [5, 5.41) is 0. The summed E-state index contributed by atoms with van der Waals surface area (Å²) in [7, 11) is 0. The van der Waals surface area contributed by atoms with E-state index in [0.29, 0.717) is 6.61 Å². The van der Waals surface area contributed by atoms with Gasteiger partial charge in [0.05, 0.1) is 6.61 Å². The topological polar surface area (TPSA) is 9.23 Å². The van der Waals surface area contributed by atoms with Crippen LogP contribution < -0.4 is 108 Å². The molecule has 1 aromatic rings. The van der Waals surface area contributed by atoms with Crippen LogP contribution in [0.1, 0.15) is 6.92 Å². The molecule has 3 heteroatoms. The maximum atomic E-state index is 5.12. The van der Waals surface area contributed by atoms with Gasteiger partial charge in [0.15, 0.2) is 0 Å². The molecule has 0 aliphatic rings. The summed E-state index contributed by atoms with van der Waals surface area (Å²) in [5.41, 5.74) is 0. The predicted octanol–water partition coefficient (Wildman–Crippen LogP) is -4.31. The van der Waals surface area contributed by atoms with Crippen molar-refractivity contribution < 1.29 is 108 Å². The van der Waals surface area contributed by atoms with E-state index >= 15 is 0 Å². The van der Waals surface area contributed by atoms with Crippen LogP contribution in [0.3, 0.4) is 0 Å². The Morgan fingerprint density at radius 3 is 2.55 bits per heavy atom. The standard InChI is InChI=1S/C8H8O.2K/c1-2-9-8-6-4-3-5-7-8;;/h3-4,7H,2H2,1H3;;/q-2;2*+1. The van der Waals surface area contributed by atoms with Gasteiger partial charge in [-0.2, -0.15) is 0 Å². The Morgan fingerprint density at radius 2 is 2.09 bits per heavy atom. The first-order valence-corrected chi connectivity index (χ1v) is 2.94. The Bertz CT molecular complexity index is 165. The minimum Gasteiger partial charge on any atom is -0.576 e. The van der Waals surface area contributed by atoms with E-state index in [2.05, 4.69) is 12.1 Å².